The number of nitrogens with zero attached hydrogens (tertiary/aromatic N) is 6. The van der Waals surface area contributed by atoms with Crippen LogP contribution in [0.3, 0.4) is 0 Å². The third-order valence-corrected chi connectivity index (χ3v) is 10.2. The number of aliphatic imine (C=N–C) groups is 4. The molecule has 0 bridgehead atoms. The van der Waals surface area contributed by atoms with Crippen LogP contribution in [-0.4, -0.2) is 49.9 Å². The maximum Gasteiger partial charge on any atom is 0.220 e. The number of nitrogens with two attached hydrogens (primary N) is 2. The molecule has 5 aliphatic heterocycles. The number of piperidine rings is 2. The number of furan rings is 2. The smallest absolute Gasteiger partial charge is 0.220 e. The summed E-state index contributed by atoms with van der Waals surface area (Å²) in [6.07, 6.45) is 16.2. The van der Waals surface area contributed by atoms with Gasteiger partial charge in [0.05, 0.1) is 46.7 Å². The quantitative estimate of drug-likeness (QED) is 0.147. The molecule has 0 amide bonds. The Labute approximate surface area is 296 Å². The Hall–Kier alpha value is -6.04. The van der Waals surface area contributed by atoms with E-state index < -0.39 is 0 Å². The first-order valence-electron chi connectivity index (χ1n) is 17.8. The van der Waals surface area contributed by atoms with Gasteiger partial charge < -0.3 is 40.7 Å². The molecular weight excluding hydrogens is 640 g/mol. The van der Waals surface area contributed by atoms with Gasteiger partial charge in [0.25, 0.3) is 0 Å². The van der Waals surface area contributed by atoms with Gasteiger partial charge >= 0.3 is 0 Å². The van der Waals surface area contributed by atoms with Crippen LogP contribution in [0.4, 0.5) is 45.9 Å². The largest absolute Gasteiger partial charge is 0.446 e. The molecule has 2 saturated heterocycles. The van der Waals surface area contributed by atoms with Crippen LogP contribution < -0.4 is 31.9 Å². The predicted molar refractivity (Wildman–Crippen MR) is 207 cm³/mol. The standard InChI is InChI=1S/C39H40N10O2/c40-29-11-17-50-38(29)46-33-21-25(48-13-3-1-4-14-48)7-9-27(33)31-19-24-20-32(45-37-35(24)36(44-31)42-23-43-37)28-10-8-26(49-15-5-2-6-16-49)22-34(28)47-39-30(41)12-18-51-39/h7-12,17-23,35,46-47H,1-6,13-16,40-41H2. The number of anilines is 8. The highest BCUT2D eigenvalue weighted by atomic mass is 16.3. The van der Waals surface area contributed by atoms with Crippen LogP contribution in [-0.2, 0) is 0 Å². The Morgan fingerprint density at radius 1 is 0.647 bits per heavy atom. The minimum absolute atomic E-state index is 0.267. The number of hydrogen-bond donors (Lipinski definition) is 4. The van der Waals surface area contributed by atoms with Gasteiger partial charge in [-0.2, -0.15) is 0 Å². The highest BCUT2D eigenvalue weighted by Crippen LogP contribution is 2.40. The van der Waals surface area contributed by atoms with Crippen LogP contribution in [0.1, 0.15) is 49.7 Å². The van der Waals surface area contributed by atoms with E-state index in [1.165, 1.54) is 38.5 Å². The molecule has 0 radical (unpaired) electrons. The molecule has 2 fully saturated rings. The van der Waals surface area contributed by atoms with Gasteiger partial charge in [-0.1, -0.05) is 0 Å². The Kier molecular flexibility index (Phi) is 7.90. The average Bonchev–Trinajstić information content (AvgIpc) is 3.78. The minimum Gasteiger partial charge on any atom is -0.446 e. The number of dihydropyridines is 1. The fourth-order valence-electron chi connectivity index (χ4n) is 7.51. The Morgan fingerprint density at radius 2 is 1.24 bits per heavy atom. The second-order valence-electron chi connectivity index (χ2n) is 13.5. The van der Waals surface area contributed by atoms with Crippen molar-refractivity contribution >= 4 is 75.3 Å². The summed E-state index contributed by atoms with van der Waals surface area (Å²) in [4.78, 5) is 24.3. The first-order valence-corrected chi connectivity index (χ1v) is 17.8. The molecule has 51 heavy (non-hydrogen) atoms. The van der Waals surface area contributed by atoms with Crippen molar-refractivity contribution in [3.63, 3.8) is 0 Å². The third kappa shape index (κ3) is 5.96. The number of benzene rings is 2. The van der Waals surface area contributed by atoms with Crippen LogP contribution in [0.5, 0.6) is 0 Å². The number of nitrogen functional groups attached to an aromatic ring is 2. The lowest BCUT2D eigenvalue weighted by Gasteiger charge is -2.31. The van der Waals surface area contributed by atoms with Crippen molar-refractivity contribution in [1.82, 2.24) is 0 Å². The molecule has 2 aromatic carbocycles. The Bertz CT molecular complexity index is 2060. The zero-order chi connectivity index (χ0) is 34.3. The number of nitrogens with one attached hydrogen (secondary N) is 2. The number of hydrogen-bond acceptors (Lipinski definition) is 12. The van der Waals surface area contributed by atoms with Crippen molar-refractivity contribution in [1.29, 1.82) is 0 Å². The monoisotopic (exact) mass is 680 g/mol. The van der Waals surface area contributed by atoms with E-state index in [2.05, 4.69) is 79.0 Å². The van der Waals surface area contributed by atoms with Crippen molar-refractivity contribution < 1.29 is 8.83 Å². The highest BCUT2D eigenvalue weighted by molar-refractivity contribution is 6.27. The normalized spacial score (nSPS) is 19.8. The van der Waals surface area contributed by atoms with Crippen molar-refractivity contribution in [2.24, 2.45) is 25.9 Å². The molecule has 1 unspecified atom stereocenters. The fourth-order valence-corrected chi connectivity index (χ4v) is 7.51. The summed E-state index contributed by atoms with van der Waals surface area (Å²) in [5.41, 5.74) is 21.9. The first-order chi connectivity index (χ1) is 25.1. The zero-order valence-electron chi connectivity index (χ0n) is 28.3. The maximum absolute atomic E-state index is 6.25. The molecule has 0 saturated carbocycles. The Balaban J connectivity index is 1.13. The van der Waals surface area contributed by atoms with Gasteiger partial charge in [-0.25, -0.2) is 20.0 Å². The van der Waals surface area contributed by atoms with Crippen molar-refractivity contribution in [3.8, 4) is 0 Å². The number of allylic oxidation sites excluding steroid dienone is 2. The van der Waals surface area contributed by atoms with Gasteiger partial charge in [-0.15, -0.1) is 0 Å². The molecule has 5 aliphatic rings. The lowest BCUT2D eigenvalue weighted by Crippen LogP contribution is -2.32. The lowest BCUT2D eigenvalue weighted by atomic mass is 9.86. The van der Waals surface area contributed by atoms with E-state index in [4.69, 9.17) is 30.3 Å². The van der Waals surface area contributed by atoms with E-state index in [9.17, 15) is 0 Å². The second kappa shape index (κ2) is 13.0. The molecule has 1 atom stereocenters. The lowest BCUT2D eigenvalue weighted by molar-refractivity contribution is 0.577. The van der Waals surface area contributed by atoms with E-state index in [1.807, 2.05) is 0 Å². The SMILES string of the molecule is Nc1ccoc1Nc1cc(N2CCCCC2)ccc1C1=CC2=CC(c3ccc(N4CCCCC4)cc3Nc3occc3N)=NC3=NC=NC(=N1)C23. The minimum atomic E-state index is -0.267. The van der Waals surface area contributed by atoms with Crippen LogP contribution in [0.25, 0.3) is 5.70 Å². The molecule has 12 nitrogen and oxygen atoms in total. The van der Waals surface area contributed by atoms with Crippen molar-refractivity contribution in [2.75, 3.05) is 58.1 Å². The van der Waals surface area contributed by atoms with E-state index in [-0.39, 0.29) is 5.92 Å². The van der Waals surface area contributed by atoms with Crippen LogP contribution in [0.15, 0.2) is 108 Å². The van der Waals surface area contributed by atoms with Gasteiger partial charge in [0.2, 0.25) is 11.8 Å². The molecule has 7 heterocycles. The summed E-state index contributed by atoms with van der Waals surface area (Å²) in [5, 5.41) is 6.92. The van der Waals surface area contributed by atoms with E-state index >= 15 is 0 Å². The van der Waals surface area contributed by atoms with E-state index in [0.29, 0.717) is 34.8 Å². The van der Waals surface area contributed by atoms with Gasteiger partial charge in [0.15, 0.2) is 0 Å². The predicted octanol–water partition coefficient (Wildman–Crippen LogP) is 7.74. The van der Waals surface area contributed by atoms with Gasteiger partial charge in [-0.3, -0.25) is 0 Å². The van der Waals surface area contributed by atoms with Crippen LogP contribution in [0.2, 0.25) is 0 Å². The summed E-state index contributed by atoms with van der Waals surface area (Å²) in [5.74, 6) is 2.03. The Morgan fingerprint density at radius 3 is 1.82 bits per heavy atom. The van der Waals surface area contributed by atoms with Crippen LogP contribution in [0, 0.1) is 5.92 Å². The maximum atomic E-state index is 6.25. The van der Waals surface area contributed by atoms with E-state index in [1.54, 1.807) is 31.0 Å². The van der Waals surface area contributed by atoms with E-state index in [0.717, 1.165) is 77.0 Å². The summed E-state index contributed by atoms with van der Waals surface area (Å²) >= 11 is 0. The molecule has 2 aromatic heterocycles. The molecule has 258 valence electrons. The molecule has 0 aliphatic carbocycles. The zero-order valence-corrected chi connectivity index (χ0v) is 28.3. The van der Waals surface area contributed by atoms with Crippen molar-refractivity contribution in [2.45, 2.75) is 38.5 Å². The summed E-state index contributed by atoms with van der Waals surface area (Å²) in [7, 11) is 0. The molecule has 9 rings (SSSR count). The number of rotatable bonds is 8. The molecule has 6 N–H and O–H groups in total. The summed E-state index contributed by atoms with van der Waals surface area (Å²) in [6, 6.07) is 16.4. The average molecular weight is 681 g/mol. The highest BCUT2D eigenvalue weighted by Gasteiger charge is 2.35. The molecule has 12 heteroatoms. The van der Waals surface area contributed by atoms with Crippen molar-refractivity contribution in [3.05, 3.63) is 89.9 Å². The first kappa shape index (κ1) is 31.0. The topological polar surface area (TPSA) is 158 Å². The number of amidine groups is 2. The molecule has 4 aromatic rings. The van der Waals surface area contributed by atoms with Crippen LogP contribution >= 0.6 is 0 Å². The molecular formula is C39H40N10O2. The van der Waals surface area contributed by atoms with Gasteiger partial charge in [0.1, 0.15) is 23.9 Å². The van der Waals surface area contributed by atoms with Gasteiger partial charge in [-0.05, 0) is 92.6 Å². The van der Waals surface area contributed by atoms with Gasteiger partial charge in [0, 0.05) is 60.8 Å². The third-order valence-electron chi connectivity index (χ3n) is 10.2. The molecule has 0 spiro atoms. The fraction of sp³-hybridized carbons (Fsp3) is 0.282. The second-order valence-corrected chi connectivity index (χ2v) is 13.5. The summed E-state index contributed by atoms with van der Waals surface area (Å²) in [6.45, 7) is 4.12. The summed E-state index contributed by atoms with van der Waals surface area (Å²) < 4.78 is 11.4.